The van der Waals surface area contributed by atoms with E-state index in [0.29, 0.717) is 12.6 Å². The van der Waals surface area contributed by atoms with E-state index in [4.69, 9.17) is 5.73 Å². The Morgan fingerprint density at radius 3 is 2.58 bits per heavy atom. The van der Waals surface area contributed by atoms with Crippen molar-refractivity contribution in [3.63, 3.8) is 0 Å². The molecule has 0 saturated heterocycles. The van der Waals surface area contributed by atoms with Gasteiger partial charge >= 0.3 is 5.91 Å². The van der Waals surface area contributed by atoms with Crippen molar-refractivity contribution in [3.05, 3.63) is 65.0 Å². The average molecular weight is 434 g/mol. The molecule has 2 aromatic rings. The maximum Gasteiger partial charge on any atom is 0.336 e. The first-order valence-electron chi connectivity index (χ1n) is 10.4. The van der Waals surface area contributed by atoms with Gasteiger partial charge in [0.25, 0.3) is 0 Å². The van der Waals surface area contributed by atoms with Gasteiger partial charge in [0.2, 0.25) is 5.91 Å². The number of halogens is 3. The third kappa shape index (κ3) is 5.51. The summed E-state index contributed by atoms with van der Waals surface area (Å²) >= 11 is 0. The highest BCUT2D eigenvalue weighted by molar-refractivity contribution is 5.83. The zero-order valence-electron chi connectivity index (χ0n) is 17.5. The summed E-state index contributed by atoms with van der Waals surface area (Å²) in [6.45, 7) is 2.95. The van der Waals surface area contributed by atoms with Gasteiger partial charge in [0.05, 0.1) is 13.1 Å². The van der Waals surface area contributed by atoms with Gasteiger partial charge in [0.15, 0.2) is 11.6 Å². The number of nitrogens with one attached hydrogen (secondary N) is 1. The monoisotopic (exact) mass is 434 g/mol. The van der Waals surface area contributed by atoms with Gasteiger partial charge in [0, 0.05) is 24.1 Å². The number of amides is 2. The average Bonchev–Trinajstić information content (AvgIpc) is 2.86. The number of rotatable bonds is 7. The van der Waals surface area contributed by atoms with Crippen LogP contribution in [0.3, 0.4) is 0 Å². The van der Waals surface area contributed by atoms with Crippen molar-refractivity contribution in [1.29, 1.82) is 0 Å². The lowest BCUT2D eigenvalue weighted by Crippen LogP contribution is -3.10. The fraction of sp³-hybridized carbons (Fsp3) is 0.391. The van der Waals surface area contributed by atoms with Gasteiger partial charge < -0.3 is 10.6 Å². The van der Waals surface area contributed by atoms with Crippen LogP contribution in [0, 0.1) is 17.5 Å². The minimum atomic E-state index is -1.28. The Hall–Kier alpha value is -2.71. The van der Waals surface area contributed by atoms with Gasteiger partial charge in [0.1, 0.15) is 18.0 Å². The molecule has 8 heteroatoms. The van der Waals surface area contributed by atoms with Crippen molar-refractivity contribution < 1.29 is 27.7 Å². The zero-order chi connectivity index (χ0) is 22.5. The number of carbonyl (C=O) groups is 2. The lowest BCUT2D eigenvalue weighted by Gasteiger charge is -2.21. The van der Waals surface area contributed by atoms with Crippen LogP contribution in [0.4, 0.5) is 18.9 Å². The van der Waals surface area contributed by atoms with Gasteiger partial charge in [-0.3, -0.25) is 4.79 Å². The van der Waals surface area contributed by atoms with E-state index in [0.717, 1.165) is 35.1 Å². The van der Waals surface area contributed by atoms with Crippen LogP contribution in [0.5, 0.6) is 0 Å². The maximum absolute atomic E-state index is 13.9. The number of carbonyl (C=O) groups excluding carboxylic acids is 2. The number of para-hydroxylation sites is 1. The molecule has 2 aromatic carbocycles. The summed E-state index contributed by atoms with van der Waals surface area (Å²) in [6.07, 6.45) is 1.57. The molecule has 3 N–H and O–H groups in total. The Labute approximate surface area is 179 Å². The number of hydrogen-bond acceptors (Lipinski definition) is 3. The van der Waals surface area contributed by atoms with Crippen molar-refractivity contribution in [2.75, 3.05) is 13.1 Å². The SMILES string of the molecule is CCCC[NH+]1C(=O)CN(C(=O)C[C@H](N)Cc2cc(F)c(F)cc2F)Cc2ccccc21. The summed E-state index contributed by atoms with van der Waals surface area (Å²) in [5.41, 5.74) is 7.70. The molecule has 31 heavy (non-hydrogen) atoms. The molecule has 0 aliphatic carbocycles. The molecule has 1 heterocycles. The summed E-state index contributed by atoms with van der Waals surface area (Å²) < 4.78 is 40.4. The highest BCUT2D eigenvalue weighted by atomic mass is 19.2. The molecule has 0 saturated carbocycles. The van der Waals surface area contributed by atoms with Crippen molar-refractivity contribution in [3.8, 4) is 0 Å². The van der Waals surface area contributed by atoms with Crippen molar-refractivity contribution in [2.24, 2.45) is 5.73 Å². The van der Waals surface area contributed by atoms with Crippen molar-refractivity contribution in [1.82, 2.24) is 4.90 Å². The molecule has 2 amide bonds. The topological polar surface area (TPSA) is 67.8 Å². The highest BCUT2D eigenvalue weighted by Crippen LogP contribution is 2.19. The van der Waals surface area contributed by atoms with Crippen LogP contribution in [0.2, 0.25) is 0 Å². The van der Waals surface area contributed by atoms with E-state index in [2.05, 4.69) is 6.92 Å². The summed E-state index contributed by atoms with van der Waals surface area (Å²) in [6, 6.07) is 7.98. The summed E-state index contributed by atoms with van der Waals surface area (Å²) in [5, 5.41) is 0. The Balaban J connectivity index is 1.72. The number of nitrogens with zero attached hydrogens (tertiary/aromatic N) is 1. The van der Waals surface area contributed by atoms with E-state index in [-0.39, 0.29) is 43.3 Å². The largest absolute Gasteiger partial charge is 0.336 e. The maximum atomic E-state index is 13.9. The molecular weight excluding hydrogens is 407 g/mol. The standard InChI is InChI=1S/C23H26F3N3O2/c1-2-3-8-29-21-7-5-4-6-15(21)13-28(14-23(29)31)22(30)11-17(27)9-16-10-19(25)20(26)12-18(16)24/h4-7,10,12,17H,2-3,8-9,11,13-14,27H2,1H3/p+1/t17-/m1/s1. The third-order valence-electron chi connectivity index (χ3n) is 5.52. The number of hydrogen-bond donors (Lipinski definition) is 2. The Bertz CT molecular complexity index is 967. The van der Waals surface area contributed by atoms with Crippen molar-refractivity contribution >= 4 is 17.5 Å². The predicted octanol–water partition coefficient (Wildman–Crippen LogP) is 2.25. The number of nitrogens with two attached hydrogens (primary N) is 1. The van der Waals surface area contributed by atoms with Crippen LogP contribution in [-0.4, -0.2) is 35.8 Å². The second-order valence-electron chi connectivity index (χ2n) is 7.94. The molecule has 1 unspecified atom stereocenters. The summed E-state index contributed by atoms with van der Waals surface area (Å²) in [4.78, 5) is 28.0. The van der Waals surface area contributed by atoms with Gasteiger partial charge in [-0.15, -0.1) is 0 Å². The van der Waals surface area contributed by atoms with Crippen molar-refractivity contribution in [2.45, 2.75) is 45.2 Å². The number of quaternary nitrogens is 1. The van der Waals surface area contributed by atoms with E-state index in [9.17, 15) is 22.8 Å². The van der Waals surface area contributed by atoms with Gasteiger partial charge in [-0.05, 0) is 30.5 Å². The zero-order valence-corrected chi connectivity index (χ0v) is 17.5. The van der Waals surface area contributed by atoms with Gasteiger partial charge in [-0.25, -0.2) is 22.9 Å². The second-order valence-corrected chi connectivity index (χ2v) is 7.94. The van der Waals surface area contributed by atoms with Crippen LogP contribution >= 0.6 is 0 Å². The molecule has 166 valence electrons. The molecule has 2 atom stereocenters. The van der Waals surface area contributed by atoms with Crippen LogP contribution in [0.25, 0.3) is 0 Å². The molecule has 0 bridgehead atoms. The number of unbranched alkanes of at least 4 members (excludes halogenated alkanes) is 1. The second kappa shape index (κ2) is 10.1. The first-order chi connectivity index (χ1) is 14.8. The number of benzene rings is 2. The minimum absolute atomic E-state index is 0.0428. The van der Waals surface area contributed by atoms with Gasteiger partial charge in [-0.1, -0.05) is 31.5 Å². The first kappa shape index (κ1) is 23.0. The lowest BCUT2D eigenvalue weighted by molar-refractivity contribution is -0.749. The summed E-state index contributed by atoms with van der Waals surface area (Å²) in [5.74, 6) is -3.78. The molecule has 1 aliphatic heterocycles. The molecule has 0 fully saturated rings. The molecule has 0 spiro atoms. The van der Waals surface area contributed by atoms with Crippen LogP contribution < -0.4 is 10.6 Å². The quantitative estimate of drug-likeness (QED) is 0.657. The minimum Gasteiger partial charge on any atom is -0.327 e. The van der Waals surface area contributed by atoms with E-state index in [1.165, 1.54) is 4.90 Å². The van der Waals surface area contributed by atoms with Crippen LogP contribution in [0.1, 0.15) is 37.3 Å². The third-order valence-corrected chi connectivity index (χ3v) is 5.52. The molecule has 1 aliphatic rings. The summed E-state index contributed by atoms with van der Waals surface area (Å²) in [7, 11) is 0. The van der Waals surface area contributed by atoms with E-state index in [1.807, 2.05) is 24.3 Å². The Morgan fingerprint density at radius 1 is 1.13 bits per heavy atom. The first-order valence-corrected chi connectivity index (χ1v) is 10.4. The van der Waals surface area contributed by atoms with Crippen LogP contribution in [-0.2, 0) is 22.6 Å². The molecule has 0 radical (unpaired) electrons. The highest BCUT2D eigenvalue weighted by Gasteiger charge is 2.33. The molecular formula is C23H27F3N3O2+. The molecule has 3 rings (SSSR count). The Kier molecular flexibility index (Phi) is 7.46. The number of fused-ring (bicyclic) bond motifs is 1. The fourth-order valence-corrected chi connectivity index (χ4v) is 3.87. The molecule has 0 aromatic heterocycles. The smallest absolute Gasteiger partial charge is 0.327 e. The lowest BCUT2D eigenvalue weighted by atomic mass is 10.0. The predicted molar refractivity (Wildman–Crippen MR) is 110 cm³/mol. The molecule has 5 nitrogen and oxygen atoms in total. The Morgan fingerprint density at radius 2 is 1.84 bits per heavy atom. The van der Waals surface area contributed by atoms with Crippen LogP contribution in [0.15, 0.2) is 36.4 Å². The normalized spacial score (nSPS) is 17.3. The van der Waals surface area contributed by atoms with E-state index in [1.54, 1.807) is 0 Å². The van der Waals surface area contributed by atoms with Gasteiger partial charge in [-0.2, -0.15) is 0 Å². The fourth-order valence-electron chi connectivity index (χ4n) is 3.87. The van der Waals surface area contributed by atoms with E-state index >= 15 is 0 Å². The van der Waals surface area contributed by atoms with E-state index < -0.39 is 23.5 Å².